The number of hydrogen-bond acceptors (Lipinski definition) is 5. The van der Waals surface area contributed by atoms with Gasteiger partial charge in [0.25, 0.3) is 0 Å². The highest BCUT2D eigenvalue weighted by Gasteiger charge is 2.11. The number of nitrogens with one attached hydrogen (secondary N) is 2. The number of ether oxygens (including phenoxy) is 1. The molecule has 0 atom stereocenters. The molecule has 0 spiro atoms. The van der Waals surface area contributed by atoms with Crippen LogP contribution in [0.15, 0.2) is 24.3 Å². The average molecular weight is 286 g/mol. The second-order valence-electron chi connectivity index (χ2n) is 3.93. The molecule has 1 rings (SSSR count). The smallest absolute Gasteiger partial charge is 0.305 e. The molecule has 0 bridgehead atoms. The largest absolute Gasteiger partial charge is 0.469 e. The summed E-state index contributed by atoms with van der Waals surface area (Å²) in [5.41, 5.74) is 1.39. The number of hydrogen-bond donors (Lipinski definition) is 2. The Labute approximate surface area is 113 Å². The lowest BCUT2D eigenvalue weighted by Crippen LogP contribution is -2.17. The molecule has 106 valence electrons. The molecule has 0 saturated heterocycles. The third-order valence-corrected chi connectivity index (χ3v) is 3.84. The molecule has 19 heavy (non-hydrogen) atoms. The molecule has 0 heterocycles. The lowest BCUT2D eigenvalue weighted by molar-refractivity contribution is -0.140. The lowest BCUT2D eigenvalue weighted by Gasteiger charge is -2.08. The van der Waals surface area contributed by atoms with Gasteiger partial charge in [0.1, 0.15) is 0 Å². The Morgan fingerprint density at radius 3 is 2.32 bits per heavy atom. The Hall–Kier alpha value is -1.76. The zero-order chi connectivity index (χ0) is 14.3. The molecule has 0 aliphatic carbocycles. The van der Waals surface area contributed by atoms with Gasteiger partial charge in [-0.3, -0.25) is 9.52 Å². The second-order valence-corrected chi connectivity index (χ2v) is 5.77. The van der Waals surface area contributed by atoms with Crippen molar-refractivity contribution in [3.63, 3.8) is 0 Å². The van der Waals surface area contributed by atoms with Crippen molar-refractivity contribution in [3.05, 3.63) is 24.3 Å². The standard InChI is InChI=1S/C12H18N2O4S/c1-13-10-5-7-11(8-6-10)14-19(16,17)9-3-4-12(15)18-2/h5-8,13-14H,3-4,9H2,1-2H3. The Morgan fingerprint density at radius 1 is 1.21 bits per heavy atom. The van der Waals surface area contributed by atoms with Gasteiger partial charge in [0.05, 0.1) is 12.9 Å². The molecule has 0 amide bonds. The van der Waals surface area contributed by atoms with Crippen LogP contribution in [0, 0.1) is 0 Å². The van der Waals surface area contributed by atoms with Crippen LogP contribution in [-0.2, 0) is 19.6 Å². The van der Waals surface area contributed by atoms with Crippen LogP contribution >= 0.6 is 0 Å². The Bertz CT molecular complexity index is 511. The van der Waals surface area contributed by atoms with Crippen molar-refractivity contribution in [2.24, 2.45) is 0 Å². The van der Waals surface area contributed by atoms with E-state index in [0.717, 1.165) is 5.69 Å². The van der Waals surface area contributed by atoms with Crippen LogP contribution in [0.2, 0.25) is 0 Å². The number of methoxy groups -OCH3 is 1. The molecule has 0 radical (unpaired) electrons. The number of esters is 1. The van der Waals surface area contributed by atoms with Gasteiger partial charge in [-0.1, -0.05) is 0 Å². The Morgan fingerprint density at radius 2 is 1.79 bits per heavy atom. The zero-order valence-corrected chi connectivity index (χ0v) is 11.8. The summed E-state index contributed by atoms with van der Waals surface area (Å²) in [4.78, 5) is 10.9. The highest BCUT2D eigenvalue weighted by Crippen LogP contribution is 2.14. The summed E-state index contributed by atoms with van der Waals surface area (Å²) in [5.74, 6) is -0.524. The molecule has 6 nitrogen and oxygen atoms in total. The van der Waals surface area contributed by atoms with E-state index in [4.69, 9.17) is 0 Å². The number of sulfonamides is 1. The first-order valence-electron chi connectivity index (χ1n) is 5.82. The fraction of sp³-hybridized carbons (Fsp3) is 0.417. The summed E-state index contributed by atoms with van der Waals surface area (Å²) >= 11 is 0. The van der Waals surface area contributed by atoms with Gasteiger partial charge < -0.3 is 10.1 Å². The van der Waals surface area contributed by atoms with Crippen LogP contribution in [0.3, 0.4) is 0 Å². The number of benzene rings is 1. The maximum Gasteiger partial charge on any atom is 0.305 e. The van der Waals surface area contributed by atoms with Crippen molar-refractivity contribution in [1.29, 1.82) is 0 Å². The van der Waals surface area contributed by atoms with E-state index in [0.29, 0.717) is 5.69 Å². The van der Waals surface area contributed by atoms with E-state index in [2.05, 4.69) is 14.8 Å². The fourth-order valence-electron chi connectivity index (χ4n) is 1.44. The molecule has 0 unspecified atom stereocenters. The van der Waals surface area contributed by atoms with Crippen molar-refractivity contribution in [3.8, 4) is 0 Å². The van der Waals surface area contributed by atoms with E-state index in [-0.39, 0.29) is 18.6 Å². The highest BCUT2D eigenvalue weighted by molar-refractivity contribution is 7.92. The molecular formula is C12H18N2O4S. The summed E-state index contributed by atoms with van der Waals surface area (Å²) in [6.07, 6.45) is 0.326. The predicted octanol–water partition coefficient (Wildman–Crippen LogP) is 1.42. The molecule has 0 saturated carbocycles. The van der Waals surface area contributed by atoms with Gasteiger partial charge in [0, 0.05) is 24.8 Å². The van der Waals surface area contributed by atoms with E-state index in [9.17, 15) is 13.2 Å². The van der Waals surface area contributed by atoms with E-state index in [1.807, 2.05) is 0 Å². The first-order valence-corrected chi connectivity index (χ1v) is 7.47. The zero-order valence-electron chi connectivity index (χ0n) is 11.0. The molecule has 0 fully saturated rings. The lowest BCUT2D eigenvalue weighted by atomic mass is 10.3. The van der Waals surface area contributed by atoms with E-state index in [1.54, 1.807) is 31.3 Å². The maximum absolute atomic E-state index is 11.7. The molecule has 1 aromatic rings. The molecule has 1 aromatic carbocycles. The average Bonchev–Trinajstić information content (AvgIpc) is 2.38. The van der Waals surface area contributed by atoms with Crippen LogP contribution in [0.5, 0.6) is 0 Å². The van der Waals surface area contributed by atoms with Crippen LogP contribution in [-0.4, -0.2) is 34.3 Å². The van der Waals surface area contributed by atoms with Crippen molar-refractivity contribution in [1.82, 2.24) is 0 Å². The van der Waals surface area contributed by atoms with Crippen molar-refractivity contribution >= 4 is 27.4 Å². The monoisotopic (exact) mass is 286 g/mol. The Balaban J connectivity index is 2.51. The molecule has 0 aliphatic heterocycles. The number of rotatable bonds is 7. The number of carbonyl (C=O) groups excluding carboxylic acids is 1. The maximum atomic E-state index is 11.7. The van der Waals surface area contributed by atoms with Gasteiger partial charge in [0.15, 0.2) is 0 Å². The molecule has 0 aliphatic rings. The van der Waals surface area contributed by atoms with Crippen molar-refractivity contribution in [2.75, 3.05) is 29.9 Å². The molecular weight excluding hydrogens is 268 g/mol. The summed E-state index contributed by atoms with van der Waals surface area (Å²) in [7, 11) is -0.376. The third kappa shape index (κ3) is 5.60. The van der Waals surface area contributed by atoms with Crippen LogP contribution in [0.4, 0.5) is 11.4 Å². The quantitative estimate of drug-likeness (QED) is 0.741. The fourth-order valence-corrected chi connectivity index (χ4v) is 2.57. The van der Waals surface area contributed by atoms with Crippen molar-refractivity contribution < 1.29 is 17.9 Å². The Kier molecular flexibility index (Phi) is 5.62. The van der Waals surface area contributed by atoms with Gasteiger partial charge in [-0.15, -0.1) is 0 Å². The highest BCUT2D eigenvalue weighted by atomic mass is 32.2. The normalized spacial score (nSPS) is 10.8. The van der Waals surface area contributed by atoms with Crippen LogP contribution in [0.25, 0.3) is 0 Å². The minimum atomic E-state index is -3.44. The summed E-state index contributed by atoms with van der Waals surface area (Å²) in [5, 5.41) is 2.94. The second kappa shape index (κ2) is 6.98. The van der Waals surface area contributed by atoms with E-state index in [1.165, 1.54) is 7.11 Å². The van der Waals surface area contributed by atoms with Gasteiger partial charge in [-0.2, -0.15) is 0 Å². The van der Waals surface area contributed by atoms with E-state index < -0.39 is 16.0 Å². The molecule has 0 aromatic heterocycles. The molecule has 7 heteroatoms. The first kappa shape index (κ1) is 15.3. The summed E-state index contributed by atoms with van der Waals surface area (Å²) in [6, 6.07) is 6.88. The number of anilines is 2. The van der Waals surface area contributed by atoms with Gasteiger partial charge >= 0.3 is 5.97 Å². The first-order chi connectivity index (χ1) is 8.96. The minimum Gasteiger partial charge on any atom is -0.469 e. The SMILES string of the molecule is CNc1ccc(NS(=O)(=O)CCCC(=O)OC)cc1. The molecule has 2 N–H and O–H groups in total. The summed E-state index contributed by atoms with van der Waals surface area (Å²) in [6.45, 7) is 0. The number of carbonyl (C=O) groups is 1. The van der Waals surface area contributed by atoms with Gasteiger partial charge in [-0.25, -0.2) is 8.42 Å². The third-order valence-electron chi connectivity index (χ3n) is 2.47. The van der Waals surface area contributed by atoms with E-state index >= 15 is 0 Å². The predicted molar refractivity (Wildman–Crippen MR) is 74.6 cm³/mol. The topological polar surface area (TPSA) is 84.5 Å². The van der Waals surface area contributed by atoms with Gasteiger partial charge in [0.2, 0.25) is 10.0 Å². The van der Waals surface area contributed by atoms with Gasteiger partial charge in [-0.05, 0) is 30.7 Å². The van der Waals surface area contributed by atoms with Crippen LogP contribution in [0.1, 0.15) is 12.8 Å². The van der Waals surface area contributed by atoms with Crippen molar-refractivity contribution in [2.45, 2.75) is 12.8 Å². The summed E-state index contributed by atoms with van der Waals surface area (Å²) < 4.78 is 30.4. The van der Waals surface area contributed by atoms with Crippen LogP contribution < -0.4 is 10.0 Å². The minimum absolute atomic E-state index is 0.0934.